The van der Waals surface area contributed by atoms with Crippen LogP contribution in [0.4, 0.5) is 5.69 Å². The minimum atomic E-state index is -3.98. The second-order valence-corrected chi connectivity index (χ2v) is 7.84. The van der Waals surface area contributed by atoms with Crippen LogP contribution < -0.4 is 4.72 Å². The Morgan fingerprint density at radius 1 is 0.889 bits per heavy atom. The maximum absolute atomic E-state index is 12.9. The second-order valence-electron chi connectivity index (χ2n) is 6.13. The molecule has 0 fully saturated rings. The van der Waals surface area contributed by atoms with E-state index in [9.17, 15) is 18.5 Å². The quantitative estimate of drug-likeness (QED) is 0.516. The third-order valence-corrected chi connectivity index (χ3v) is 5.58. The number of nitrogens with one attached hydrogen (secondary N) is 1. The monoisotopic (exact) mass is 382 g/mol. The summed E-state index contributed by atoms with van der Waals surface area (Å²) >= 11 is 0. The molecule has 0 unspecified atom stereocenters. The van der Waals surface area contributed by atoms with Crippen LogP contribution in [0.3, 0.4) is 0 Å². The normalized spacial score (nSPS) is 12.5. The Hall–Kier alpha value is -3.03. The van der Waals surface area contributed by atoms with Crippen molar-refractivity contribution in [3.63, 3.8) is 0 Å². The van der Waals surface area contributed by atoms with Crippen LogP contribution in [0, 0.1) is 17.0 Å². The Morgan fingerprint density at radius 3 is 2.15 bits per heavy atom. The number of aryl methyl sites for hydroxylation is 1. The highest BCUT2D eigenvalue weighted by Crippen LogP contribution is 2.26. The summed E-state index contributed by atoms with van der Waals surface area (Å²) < 4.78 is 28.5. The largest absolute Gasteiger partial charge is 0.270 e. The zero-order chi connectivity index (χ0) is 19.4. The Labute approximate surface area is 157 Å². The Bertz CT molecular complexity index is 1050. The predicted molar refractivity (Wildman–Crippen MR) is 103 cm³/mol. The summed E-state index contributed by atoms with van der Waals surface area (Å²) in [4.78, 5) is 10.2. The zero-order valence-electron chi connectivity index (χ0n) is 14.6. The molecule has 0 aliphatic heterocycles. The highest BCUT2D eigenvalue weighted by molar-refractivity contribution is 7.89. The van der Waals surface area contributed by atoms with Crippen LogP contribution in [-0.4, -0.2) is 13.3 Å². The molecule has 1 atom stereocenters. The summed E-state index contributed by atoms with van der Waals surface area (Å²) in [6, 6.07) is 21.1. The standard InChI is InChI=1S/C20H18N2O4S/c1-15-10-12-17(13-11-15)20(16-6-3-2-4-7-16)21-27(25,26)19-9-5-8-18(14-19)22(23)24/h2-14,20-21H,1H3/t20-/m0/s1. The lowest BCUT2D eigenvalue weighted by molar-refractivity contribution is -0.385. The average Bonchev–Trinajstić information content (AvgIpc) is 2.68. The first kappa shape index (κ1) is 18.8. The fourth-order valence-electron chi connectivity index (χ4n) is 2.72. The molecule has 7 heteroatoms. The molecule has 0 saturated heterocycles. The second kappa shape index (κ2) is 7.69. The lowest BCUT2D eigenvalue weighted by Gasteiger charge is -2.20. The molecule has 0 aliphatic rings. The smallest absolute Gasteiger partial charge is 0.258 e. The molecule has 3 aromatic rings. The van der Waals surface area contributed by atoms with Crippen LogP contribution in [0.25, 0.3) is 0 Å². The topological polar surface area (TPSA) is 89.3 Å². The summed E-state index contributed by atoms with van der Waals surface area (Å²) in [7, 11) is -3.98. The number of nitro groups is 1. The number of non-ortho nitro benzene ring substituents is 1. The molecule has 0 heterocycles. The van der Waals surface area contributed by atoms with Gasteiger partial charge in [-0.3, -0.25) is 10.1 Å². The summed E-state index contributed by atoms with van der Waals surface area (Å²) in [6.07, 6.45) is 0. The number of hydrogen-bond acceptors (Lipinski definition) is 4. The van der Waals surface area contributed by atoms with Crippen molar-refractivity contribution < 1.29 is 13.3 Å². The molecule has 3 rings (SSSR count). The van der Waals surface area contributed by atoms with Gasteiger partial charge in [0.2, 0.25) is 10.0 Å². The Balaban J connectivity index is 2.02. The lowest BCUT2D eigenvalue weighted by atomic mass is 9.99. The minimum Gasteiger partial charge on any atom is -0.258 e. The SMILES string of the molecule is Cc1ccc([C@@H](NS(=O)(=O)c2cccc([N+](=O)[O-])c2)c2ccccc2)cc1. The van der Waals surface area contributed by atoms with Gasteiger partial charge in [0.05, 0.1) is 15.9 Å². The molecular formula is C20H18N2O4S. The van der Waals surface area contributed by atoms with Crippen molar-refractivity contribution in [1.29, 1.82) is 0 Å². The van der Waals surface area contributed by atoms with E-state index >= 15 is 0 Å². The first-order chi connectivity index (χ1) is 12.9. The molecule has 0 bridgehead atoms. The van der Waals surface area contributed by atoms with E-state index in [1.807, 2.05) is 61.5 Å². The number of nitrogens with zero attached hydrogens (tertiary/aromatic N) is 1. The van der Waals surface area contributed by atoms with E-state index in [1.54, 1.807) is 0 Å². The van der Waals surface area contributed by atoms with Crippen LogP contribution in [0.5, 0.6) is 0 Å². The van der Waals surface area contributed by atoms with Gasteiger partial charge in [-0.05, 0) is 24.1 Å². The molecule has 0 aromatic heterocycles. The van der Waals surface area contributed by atoms with Crippen molar-refractivity contribution in [2.45, 2.75) is 17.9 Å². The van der Waals surface area contributed by atoms with E-state index < -0.39 is 21.0 Å². The molecule has 1 N–H and O–H groups in total. The summed E-state index contributed by atoms with van der Waals surface area (Å²) in [5.74, 6) is 0. The fraction of sp³-hybridized carbons (Fsp3) is 0.100. The van der Waals surface area contributed by atoms with Crippen molar-refractivity contribution in [3.05, 3.63) is 106 Å². The van der Waals surface area contributed by atoms with Crippen LogP contribution in [0.2, 0.25) is 0 Å². The first-order valence-corrected chi connectivity index (χ1v) is 9.73. The van der Waals surface area contributed by atoms with E-state index in [1.165, 1.54) is 18.2 Å². The third kappa shape index (κ3) is 4.39. The van der Waals surface area contributed by atoms with Crippen molar-refractivity contribution in [3.8, 4) is 0 Å². The average molecular weight is 382 g/mol. The molecular weight excluding hydrogens is 364 g/mol. The van der Waals surface area contributed by atoms with Crippen LogP contribution in [0.1, 0.15) is 22.7 Å². The maximum Gasteiger partial charge on any atom is 0.270 e. The van der Waals surface area contributed by atoms with E-state index in [0.717, 1.165) is 22.8 Å². The molecule has 0 amide bonds. The van der Waals surface area contributed by atoms with E-state index in [2.05, 4.69) is 4.72 Å². The molecule has 0 aliphatic carbocycles. The predicted octanol–water partition coefficient (Wildman–Crippen LogP) is 3.97. The molecule has 138 valence electrons. The summed E-state index contributed by atoms with van der Waals surface area (Å²) in [5.41, 5.74) is 2.34. The summed E-state index contributed by atoms with van der Waals surface area (Å²) in [5, 5.41) is 11.0. The van der Waals surface area contributed by atoms with Gasteiger partial charge in [0.15, 0.2) is 0 Å². The lowest BCUT2D eigenvalue weighted by Crippen LogP contribution is -2.29. The van der Waals surface area contributed by atoms with E-state index in [-0.39, 0.29) is 10.6 Å². The number of nitro benzene ring substituents is 1. The molecule has 6 nitrogen and oxygen atoms in total. The van der Waals surface area contributed by atoms with Gasteiger partial charge in [0.1, 0.15) is 0 Å². The Kier molecular flexibility index (Phi) is 5.34. The minimum absolute atomic E-state index is 0.148. The molecule has 0 spiro atoms. The third-order valence-electron chi connectivity index (χ3n) is 4.16. The first-order valence-electron chi connectivity index (χ1n) is 8.25. The molecule has 0 saturated carbocycles. The number of sulfonamides is 1. The molecule has 0 radical (unpaired) electrons. The van der Waals surface area contributed by atoms with Crippen LogP contribution >= 0.6 is 0 Å². The van der Waals surface area contributed by atoms with Gasteiger partial charge in [-0.15, -0.1) is 0 Å². The van der Waals surface area contributed by atoms with E-state index in [0.29, 0.717) is 0 Å². The highest BCUT2D eigenvalue weighted by atomic mass is 32.2. The Morgan fingerprint density at radius 2 is 1.52 bits per heavy atom. The number of benzene rings is 3. The van der Waals surface area contributed by atoms with Crippen molar-refractivity contribution in [2.24, 2.45) is 0 Å². The molecule has 3 aromatic carbocycles. The number of hydrogen-bond donors (Lipinski definition) is 1. The van der Waals surface area contributed by atoms with Crippen molar-refractivity contribution in [1.82, 2.24) is 4.72 Å². The zero-order valence-corrected chi connectivity index (χ0v) is 15.4. The van der Waals surface area contributed by atoms with E-state index in [4.69, 9.17) is 0 Å². The maximum atomic E-state index is 12.9. The van der Waals surface area contributed by atoms with Gasteiger partial charge in [0.25, 0.3) is 5.69 Å². The van der Waals surface area contributed by atoms with Gasteiger partial charge < -0.3 is 0 Å². The van der Waals surface area contributed by atoms with Gasteiger partial charge in [-0.2, -0.15) is 4.72 Å². The van der Waals surface area contributed by atoms with Gasteiger partial charge in [-0.25, -0.2) is 8.42 Å². The van der Waals surface area contributed by atoms with Crippen molar-refractivity contribution in [2.75, 3.05) is 0 Å². The number of rotatable bonds is 6. The van der Waals surface area contributed by atoms with Crippen LogP contribution in [-0.2, 0) is 10.0 Å². The van der Waals surface area contributed by atoms with Crippen molar-refractivity contribution >= 4 is 15.7 Å². The van der Waals surface area contributed by atoms with Gasteiger partial charge in [-0.1, -0.05) is 66.2 Å². The van der Waals surface area contributed by atoms with Gasteiger partial charge in [0, 0.05) is 12.1 Å². The highest BCUT2D eigenvalue weighted by Gasteiger charge is 2.24. The summed E-state index contributed by atoms with van der Waals surface area (Å²) in [6.45, 7) is 1.95. The van der Waals surface area contributed by atoms with Crippen LogP contribution in [0.15, 0.2) is 83.8 Å². The fourth-order valence-corrected chi connectivity index (χ4v) is 3.97. The molecule has 27 heavy (non-hydrogen) atoms. The van der Waals surface area contributed by atoms with Gasteiger partial charge >= 0.3 is 0 Å².